The number of para-hydroxylation sites is 1. The van der Waals surface area contributed by atoms with Crippen LogP contribution in [0.2, 0.25) is 0 Å². The van der Waals surface area contributed by atoms with Gasteiger partial charge in [-0.2, -0.15) is 0 Å². The van der Waals surface area contributed by atoms with Crippen LogP contribution in [0.5, 0.6) is 5.75 Å². The molecule has 1 aromatic carbocycles. The highest BCUT2D eigenvalue weighted by Gasteiger charge is 2.13. The Labute approximate surface area is 118 Å². The summed E-state index contributed by atoms with van der Waals surface area (Å²) in [6.07, 6.45) is 0.888. The van der Waals surface area contributed by atoms with Gasteiger partial charge in [0.2, 0.25) is 0 Å². The van der Waals surface area contributed by atoms with Crippen LogP contribution in [0.25, 0.3) is 11.0 Å². The average Bonchev–Trinajstić information content (AvgIpc) is 2.84. The maximum atomic E-state index is 5.76. The molecule has 0 bridgehead atoms. The Balaban J connectivity index is 1.86. The summed E-state index contributed by atoms with van der Waals surface area (Å²) in [5.74, 6) is 1.40. The smallest absolute Gasteiger partial charge is 0.169 e. The molecule has 2 N–H and O–H groups in total. The Morgan fingerprint density at radius 1 is 1.10 bits per heavy atom. The molecular weight excluding hydrogens is 258 g/mol. The Morgan fingerprint density at radius 3 is 2.75 bits per heavy atom. The van der Waals surface area contributed by atoms with Crippen molar-refractivity contribution in [1.29, 1.82) is 0 Å². The first-order chi connectivity index (χ1) is 9.86. The quantitative estimate of drug-likeness (QED) is 0.713. The maximum absolute atomic E-state index is 5.76. The molecule has 2 aromatic rings. The zero-order chi connectivity index (χ0) is 14.2. The summed E-state index contributed by atoms with van der Waals surface area (Å²) in [4.78, 5) is 0. The van der Waals surface area contributed by atoms with E-state index in [-0.39, 0.29) is 0 Å². The lowest BCUT2D eigenvalue weighted by molar-refractivity contribution is 0.0805. The topological polar surface area (TPSA) is 66.8 Å². The van der Waals surface area contributed by atoms with Crippen LogP contribution in [0.1, 0.15) is 12.2 Å². The van der Waals surface area contributed by atoms with Crippen LogP contribution in [-0.4, -0.2) is 33.5 Å². The normalized spacial score (nSPS) is 11.1. The minimum Gasteiger partial charge on any atom is -0.487 e. The van der Waals surface area contributed by atoms with Crippen molar-refractivity contribution in [2.24, 2.45) is 5.73 Å². The van der Waals surface area contributed by atoms with Gasteiger partial charge in [-0.05, 0) is 18.6 Å². The van der Waals surface area contributed by atoms with Gasteiger partial charge in [-0.3, -0.25) is 0 Å². The summed E-state index contributed by atoms with van der Waals surface area (Å²) in [6.45, 7) is 2.72. The van der Waals surface area contributed by atoms with Crippen LogP contribution >= 0.6 is 0 Å². The maximum Gasteiger partial charge on any atom is 0.169 e. The number of rotatable bonds is 9. The van der Waals surface area contributed by atoms with E-state index >= 15 is 0 Å². The first-order valence-electron chi connectivity index (χ1n) is 6.76. The molecule has 5 heteroatoms. The Morgan fingerprint density at radius 2 is 1.95 bits per heavy atom. The molecule has 0 aliphatic rings. The van der Waals surface area contributed by atoms with Gasteiger partial charge < -0.3 is 24.4 Å². The van der Waals surface area contributed by atoms with E-state index in [9.17, 15) is 0 Å². The van der Waals surface area contributed by atoms with Crippen molar-refractivity contribution in [3.8, 4) is 5.75 Å². The molecule has 0 saturated carbocycles. The first kappa shape index (κ1) is 14.8. The molecule has 0 spiro atoms. The molecule has 0 radical (unpaired) electrons. The van der Waals surface area contributed by atoms with Crippen molar-refractivity contribution in [2.45, 2.75) is 13.0 Å². The van der Waals surface area contributed by atoms with Gasteiger partial charge in [0.15, 0.2) is 11.5 Å². The molecule has 5 nitrogen and oxygen atoms in total. The van der Waals surface area contributed by atoms with Gasteiger partial charge in [0.05, 0.1) is 18.5 Å². The lowest BCUT2D eigenvalue weighted by Gasteiger charge is -2.07. The fourth-order valence-electron chi connectivity index (χ4n) is 1.98. The lowest BCUT2D eigenvalue weighted by atomic mass is 10.2. The lowest BCUT2D eigenvalue weighted by Crippen LogP contribution is -2.09. The third-order valence-electron chi connectivity index (χ3n) is 2.91. The fourth-order valence-corrected chi connectivity index (χ4v) is 1.98. The molecule has 0 aliphatic carbocycles. The highest BCUT2D eigenvalue weighted by molar-refractivity contribution is 5.85. The van der Waals surface area contributed by atoms with E-state index < -0.39 is 0 Å². The van der Waals surface area contributed by atoms with Gasteiger partial charge in [-0.25, -0.2) is 0 Å². The molecule has 0 saturated heterocycles. The molecule has 1 heterocycles. The number of ether oxygens (including phenoxy) is 3. The monoisotopic (exact) mass is 279 g/mol. The van der Waals surface area contributed by atoms with Gasteiger partial charge >= 0.3 is 0 Å². The highest BCUT2D eigenvalue weighted by Crippen LogP contribution is 2.32. The standard InChI is InChI=1S/C15H21NO4/c1-17-7-4-8-18-9-10-19-15-12-5-2-3-6-13(12)20-14(15)11-16/h2-3,5-6H,4,7-11,16H2,1H3. The Kier molecular flexibility index (Phi) is 5.86. The summed E-state index contributed by atoms with van der Waals surface area (Å²) in [5, 5.41) is 0.951. The van der Waals surface area contributed by atoms with Crippen LogP contribution in [0, 0.1) is 0 Å². The molecular formula is C15H21NO4. The number of nitrogens with two attached hydrogens (primary N) is 1. The summed E-state index contributed by atoms with van der Waals surface area (Å²) in [5.41, 5.74) is 6.48. The number of furan rings is 1. The van der Waals surface area contributed by atoms with Gasteiger partial charge in [-0.15, -0.1) is 0 Å². The SMILES string of the molecule is COCCCOCCOc1c(CN)oc2ccccc12. The zero-order valence-corrected chi connectivity index (χ0v) is 11.8. The molecule has 0 atom stereocenters. The molecule has 0 fully saturated rings. The molecule has 2 rings (SSSR count). The van der Waals surface area contributed by atoms with Crippen LogP contribution in [0.3, 0.4) is 0 Å². The predicted molar refractivity (Wildman–Crippen MR) is 76.9 cm³/mol. The fraction of sp³-hybridized carbons (Fsp3) is 0.467. The predicted octanol–water partition coefficient (Wildman–Crippen LogP) is 2.32. The minimum absolute atomic E-state index is 0.318. The molecule has 0 amide bonds. The van der Waals surface area contributed by atoms with Crippen molar-refractivity contribution in [1.82, 2.24) is 0 Å². The number of fused-ring (bicyclic) bond motifs is 1. The van der Waals surface area contributed by atoms with Crippen LogP contribution < -0.4 is 10.5 Å². The molecule has 0 unspecified atom stereocenters. The molecule has 20 heavy (non-hydrogen) atoms. The van der Waals surface area contributed by atoms with E-state index in [0.29, 0.717) is 38.7 Å². The second kappa shape index (κ2) is 7.89. The average molecular weight is 279 g/mol. The van der Waals surface area contributed by atoms with Crippen LogP contribution in [0.4, 0.5) is 0 Å². The van der Waals surface area contributed by atoms with E-state index in [1.165, 1.54) is 0 Å². The summed E-state index contributed by atoms with van der Waals surface area (Å²) >= 11 is 0. The van der Waals surface area contributed by atoms with E-state index in [0.717, 1.165) is 23.1 Å². The minimum atomic E-state index is 0.318. The summed E-state index contributed by atoms with van der Waals surface area (Å²) in [6, 6.07) is 7.75. The second-order valence-electron chi connectivity index (χ2n) is 4.36. The van der Waals surface area contributed by atoms with Crippen LogP contribution in [-0.2, 0) is 16.0 Å². The third kappa shape index (κ3) is 3.72. The summed E-state index contributed by atoms with van der Waals surface area (Å²) < 4.78 is 21.8. The zero-order valence-electron chi connectivity index (χ0n) is 11.8. The third-order valence-corrected chi connectivity index (χ3v) is 2.91. The highest BCUT2D eigenvalue weighted by atomic mass is 16.5. The van der Waals surface area contributed by atoms with E-state index in [1.54, 1.807) is 7.11 Å². The summed E-state index contributed by atoms with van der Waals surface area (Å²) in [7, 11) is 1.68. The molecule has 110 valence electrons. The Bertz CT molecular complexity index is 524. The van der Waals surface area contributed by atoms with E-state index in [2.05, 4.69) is 0 Å². The van der Waals surface area contributed by atoms with Crippen LogP contribution in [0.15, 0.2) is 28.7 Å². The largest absolute Gasteiger partial charge is 0.487 e. The van der Waals surface area contributed by atoms with E-state index in [4.69, 9.17) is 24.4 Å². The van der Waals surface area contributed by atoms with Crippen molar-refractivity contribution in [3.05, 3.63) is 30.0 Å². The van der Waals surface area contributed by atoms with Crippen molar-refractivity contribution < 1.29 is 18.6 Å². The second-order valence-corrected chi connectivity index (χ2v) is 4.36. The Hall–Kier alpha value is -1.56. The van der Waals surface area contributed by atoms with Crippen molar-refractivity contribution in [3.63, 3.8) is 0 Å². The molecule has 0 aliphatic heterocycles. The molecule has 1 aromatic heterocycles. The van der Waals surface area contributed by atoms with Gasteiger partial charge in [0, 0.05) is 20.3 Å². The van der Waals surface area contributed by atoms with Gasteiger partial charge in [0.1, 0.15) is 12.2 Å². The number of methoxy groups -OCH3 is 1. The van der Waals surface area contributed by atoms with Crippen molar-refractivity contribution >= 4 is 11.0 Å². The number of benzene rings is 1. The number of hydrogen-bond acceptors (Lipinski definition) is 5. The van der Waals surface area contributed by atoms with Gasteiger partial charge in [0.25, 0.3) is 0 Å². The number of hydrogen-bond donors (Lipinski definition) is 1. The van der Waals surface area contributed by atoms with E-state index in [1.807, 2.05) is 24.3 Å². The van der Waals surface area contributed by atoms with Crippen molar-refractivity contribution in [2.75, 3.05) is 33.5 Å². The van der Waals surface area contributed by atoms with Gasteiger partial charge in [-0.1, -0.05) is 12.1 Å². The first-order valence-corrected chi connectivity index (χ1v) is 6.76.